The number of rotatable bonds is 4. The van der Waals surface area contributed by atoms with Gasteiger partial charge in [-0.2, -0.15) is 0 Å². The first kappa shape index (κ1) is 15.7. The molecule has 1 atom stereocenters. The number of piperidine rings is 1. The third-order valence-electron chi connectivity index (χ3n) is 5.32. The van der Waals surface area contributed by atoms with Gasteiger partial charge in [0.15, 0.2) is 0 Å². The SMILES string of the molecule is c1ccc(Cc2ccc3c(c2)CCC(CN2CCCCC2)O3)cc1. The van der Waals surface area contributed by atoms with Gasteiger partial charge in [0.05, 0.1) is 0 Å². The topological polar surface area (TPSA) is 12.5 Å². The molecule has 0 N–H and O–H groups in total. The van der Waals surface area contributed by atoms with Crippen LogP contribution in [0.25, 0.3) is 0 Å². The van der Waals surface area contributed by atoms with E-state index in [4.69, 9.17) is 4.74 Å². The normalized spacial score (nSPS) is 21.1. The third-order valence-corrected chi connectivity index (χ3v) is 5.32. The van der Waals surface area contributed by atoms with Crippen LogP contribution in [0.2, 0.25) is 0 Å². The summed E-state index contributed by atoms with van der Waals surface area (Å²) in [5.74, 6) is 1.11. The highest BCUT2D eigenvalue weighted by Crippen LogP contribution is 2.30. The Hall–Kier alpha value is -1.80. The minimum atomic E-state index is 0.371. The number of nitrogens with zero attached hydrogens (tertiary/aromatic N) is 1. The van der Waals surface area contributed by atoms with Crippen molar-refractivity contribution in [2.75, 3.05) is 19.6 Å². The molecule has 2 aromatic carbocycles. The van der Waals surface area contributed by atoms with E-state index in [1.807, 2.05) is 0 Å². The lowest BCUT2D eigenvalue weighted by Crippen LogP contribution is -2.40. The van der Waals surface area contributed by atoms with E-state index in [0.717, 1.165) is 31.6 Å². The fourth-order valence-corrected chi connectivity index (χ4v) is 4.00. The molecule has 2 aromatic rings. The average Bonchev–Trinajstić information content (AvgIpc) is 2.64. The molecule has 0 aromatic heterocycles. The van der Waals surface area contributed by atoms with E-state index in [1.54, 1.807) is 0 Å². The number of fused-ring (bicyclic) bond motifs is 1. The Bertz CT molecular complexity index is 661. The zero-order chi connectivity index (χ0) is 16.2. The molecule has 2 aliphatic rings. The van der Waals surface area contributed by atoms with E-state index >= 15 is 0 Å². The first-order valence-electron chi connectivity index (χ1n) is 9.41. The highest BCUT2D eigenvalue weighted by Gasteiger charge is 2.23. The molecule has 0 radical (unpaired) electrons. The van der Waals surface area contributed by atoms with Crippen LogP contribution >= 0.6 is 0 Å². The Morgan fingerprint density at radius 1 is 0.917 bits per heavy atom. The van der Waals surface area contributed by atoms with Crippen LogP contribution in [0.5, 0.6) is 5.75 Å². The summed E-state index contributed by atoms with van der Waals surface area (Å²) in [5, 5.41) is 0. The molecule has 1 fully saturated rings. The summed E-state index contributed by atoms with van der Waals surface area (Å²) in [5.41, 5.74) is 4.15. The molecule has 4 rings (SSSR count). The van der Waals surface area contributed by atoms with Crippen molar-refractivity contribution in [2.45, 2.75) is 44.6 Å². The number of hydrogen-bond donors (Lipinski definition) is 0. The second kappa shape index (κ2) is 7.40. The van der Waals surface area contributed by atoms with Gasteiger partial charge in [0.25, 0.3) is 0 Å². The van der Waals surface area contributed by atoms with Crippen molar-refractivity contribution >= 4 is 0 Å². The molecule has 2 nitrogen and oxygen atoms in total. The van der Waals surface area contributed by atoms with Gasteiger partial charge in [-0.05, 0) is 68.0 Å². The van der Waals surface area contributed by atoms with E-state index in [1.165, 1.54) is 49.0 Å². The van der Waals surface area contributed by atoms with E-state index in [0.29, 0.717) is 6.10 Å². The van der Waals surface area contributed by atoms with Gasteiger partial charge < -0.3 is 4.74 Å². The average molecular weight is 321 g/mol. The molecule has 0 spiro atoms. The Balaban J connectivity index is 1.39. The molecule has 2 heteroatoms. The maximum Gasteiger partial charge on any atom is 0.122 e. The van der Waals surface area contributed by atoms with Gasteiger partial charge in [0, 0.05) is 6.54 Å². The van der Waals surface area contributed by atoms with Crippen molar-refractivity contribution in [2.24, 2.45) is 0 Å². The number of benzene rings is 2. The van der Waals surface area contributed by atoms with Crippen molar-refractivity contribution < 1.29 is 4.74 Å². The summed E-state index contributed by atoms with van der Waals surface area (Å²) < 4.78 is 6.30. The lowest BCUT2D eigenvalue weighted by molar-refractivity contribution is 0.103. The first-order chi connectivity index (χ1) is 11.9. The fraction of sp³-hybridized carbons (Fsp3) is 0.455. The van der Waals surface area contributed by atoms with Crippen molar-refractivity contribution in [3.05, 3.63) is 65.2 Å². The fourth-order valence-electron chi connectivity index (χ4n) is 4.00. The number of hydrogen-bond acceptors (Lipinski definition) is 2. The van der Waals surface area contributed by atoms with E-state index in [9.17, 15) is 0 Å². The Labute approximate surface area is 145 Å². The zero-order valence-electron chi connectivity index (χ0n) is 14.4. The molecule has 0 saturated carbocycles. The lowest BCUT2D eigenvalue weighted by Gasteiger charge is -2.33. The van der Waals surface area contributed by atoms with Gasteiger partial charge in [-0.1, -0.05) is 48.9 Å². The Morgan fingerprint density at radius 3 is 2.58 bits per heavy atom. The molecule has 0 amide bonds. The summed E-state index contributed by atoms with van der Waals surface area (Å²) in [4.78, 5) is 2.59. The second-order valence-corrected chi connectivity index (χ2v) is 7.24. The number of likely N-dealkylation sites (tertiary alicyclic amines) is 1. The third kappa shape index (κ3) is 3.81. The van der Waals surface area contributed by atoms with E-state index < -0.39 is 0 Å². The van der Waals surface area contributed by atoms with Crippen LogP contribution in [-0.2, 0) is 12.8 Å². The summed E-state index contributed by atoms with van der Waals surface area (Å²) in [7, 11) is 0. The summed E-state index contributed by atoms with van der Waals surface area (Å²) in [6.07, 6.45) is 7.78. The largest absolute Gasteiger partial charge is 0.489 e. The molecular weight excluding hydrogens is 294 g/mol. The van der Waals surface area contributed by atoms with Crippen LogP contribution < -0.4 is 4.74 Å². The first-order valence-corrected chi connectivity index (χ1v) is 9.41. The van der Waals surface area contributed by atoms with Crippen LogP contribution in [-0.4, -0.2) is 30.6 Å². The van der Waals surface area contributed by atoms with Crippen molar-refractivity contribution in [3.63, 3.8) is 0 Å². The summed E-state index contributed by atoms with van der Waals surface area (Å²) in [6, 6.07) is 17.5. The lowest BCUT2D eigenvalue weighted by atomic mass is 9.97. The van der Waals surface area contributed by atoms with Crippen molar-refractivity contribution in [3.8, 4) is 5.75 Å². The predicted octanol–water partition coefficient (Wildman–Crippen LogP) is 4.46. The van der Waals surface area contributed by atoms with E-state index in [-0.39, 0.29) is 0 Å². The summed E-state index contributed by atoms with van der Waals surface area (Å²) in [6.45, 7) is 3.61. The highest BCUT2D eigenvalue weighted by molar-refractivity contribution is 5.40. The standard InChI is InChI=1S/C22H27NO/c1-3-7-18(8-4-1)15-19-9-12-22-20(16-19)10-11-21(24-22)17-23-13-5-2-6-14-23/h1,3-4,7-9,12,16,21H,2,5-6,10-11,13-15,17H2. The van der Waals surface area contributed by atoms with Gasteiger partial charge in [-0.15, -0.1) is 0 Å². The monoisotopic (exact) mass is 321 g/mol. The molecular formula is C22H27NO. The van der Waals surface area contributed by atoms with Gasteiger partial charge in [-0.25, -0.2) is 0 Å². The molecule has 2 aliphatic heterocycles. The molecule has 24 heavy (non-hydrogen) atoms. The van der Waals surface area contributed by atoms with Crippen molar-refractivity contribution in [1.82, 2.24) is 4.90 Å². The number of aryl methyl sites for hydroxylation is 1. The maximum atomic E-state index is 6.30. The second-order valence-electron chi connectivity index (χ2n) is 7.24. The quantitative estimate of drug-likeness (QED) is 0.824. The van der Waals surface area contributed by atoms with Gasteiger partial charge in [0.2, 0.25) is 0 Å². The van der Waals surface area contributed by atoms with Crippen LogP contribution in [0.15, 0.2) is 48.5 Å². The van der Waals surface area contributed by atoms with Crippen LogP contribution in [0.4, 0.5) is 0 Å². The maximum absolute atomic E-state index is 6.30. The predicted molar refractivity (Wildman–Crippen MR) is 98.7 cm³/mol. The van der Waals surface area contributed by atoms with Crippen LogP contribution in [0.1, 0.15) is 42.4 Å². The smallest absolute Gasteiger partial charge is 0.122 e. The highest BCUT2D eigenvalue weighted by atomic mass is 16.5. The Morgan fingerprint density at radius 2 is 1.75 bits per heavy atom. The molecule has 0 bridgehead atoms. The van der Waals surface area contributed by atoms with Crippen LogP contribution in [0, 0.1) is 0 Å². The van der Waals surface area contributed by atoms with Crippen molar-refractivity contribution in [1.29, 1.82) is 0 Å². The molecule has 0 aliphatic carbocycles. The number of ether oxygens (including phenoxy) is 1. The summed E-state index contributed by atoms with van der Waals surface area (Å²) >= 11 is 0. The van der Waals surface area contributed by atoms with Gasteiger partial charge >= 0.3 is 0 Å². The Kier molecular flexibility index (Phi) is 4.84. The zero-order valence-corrected chi connectivity index (χ0v) is 14.4. The molecule has 126 valence electrons. The van der Waals surface area contributed by atoms with E-state index in [2.05, 4.69) is 53.4 Å². The molecule has 2 heterocycles. The van der Waals surface area contributed by atoms with Gasteiger partial charge in [-0.3, -0.25) is 4.90 Å². The minimum absolute atomic E-state index is 0.371. The van der Waals surface area contributed by atoms with Gasteiger partial charge in [0.1, 0.15) is 11.9 Å². The van der Waals surface area contributed by atoms with Crippen LogP contribution in [0.3, 0.4) is 0 Å². The molecule has 1 saturated heterocycles. The minimum Gasteiger partial charge on any atom is -0.489 e. The molecule has 1 unspecified atom stereocenters.